The van der Waals surface area contributed by atoms with Crippen LogP contribution in [0.1, 0.15) is 43.2 Å². The fourth-order valence-corrected chi connectivity index (χ4v) is 6.11. The first kappa shape index (κ1) is 14.9. The molecule has 1 aromatic heterocycles. The molecule has 3 atom stereocenters. The van der Waals surface area contributed by atoms with E-state index < -0.39 is 0 Å². The second kappa shape index (κ2) is 5.57. The number of piperidine rings is 1. The number of ether oxygens (including phenoxy) is 1. The Balaban J connectivity index is 1.58. The number of nitrogens with zero attached hydrogens (tertiary/aromatic N) is 2. The van der Waals surface area contributed by atoms with Crippen LogP contribution in [0.2, 0.25) is 0 Å². The highest BCUT2D eigenvalue weighted by Crippen LogP contribution is 2.56. The molecule has 2 bridgehead atoms. The normalized spacial score (nSPS) is 32.0. The number of rotatable bonds is 2. The average molecular weight is 340 g/mol. The van der Waals surface area contributed by atoms with Crippen molar-refractivity contribution >= 4 is 11.3 Å². The van der Waals surface area contributed by atoms with E-state index in [0.29, 0.717) is 5.41 Å². The summed E-state index contributed by atoms with van der Waals surface area (Å²) in [5, 5.41) is 2.70. The van der Waals surface area contributed by atoms with Gasteiger partial charge in [-0.25, -0.2) is 4.98 Å². The maximum atomic E-state index is 6.02. The van der Waals surface area contributed by atoms with E-state index in [4.69, 9.17) is 4.74 Å². The molecule has 1 saturated heterocycles. The minimum Gasteiger partial charge on any atom is -0.431 e. The lowest BCUT2D eigenvalue weighted by atomic mass is 9.52. The van der Waals surface area contributed by atoms with Crippen molar-refractivity contribution in [1.82, 2.24) is 9.88 Å². The molecule has 0 unspecified atom stereocenters. The Labute approximate surface area is 147 Å². The molecule has 3 aliphatic rings. The van der Waals surface area contributed by atoms with Crippen molar-refractivity contribution in [2.24, 2.45) is 5.92 Å². The molecule has 0 N–H and O–H groups in total. The average Bonchev–Trinajstić information content (AvgIpc) is 3.11. The van der Waals surface area contributed by atoms with E-state index >= 15 is 0 Å². The van der Waals surface area contributed by atoms with Gasteiger partial charge in [0.2, 0.25) is 0 Å². The topological polar surface area (TPSA) is 25.4 Å². The molecule has 2 heterocycles. The molecular formula is C20H24N2OS. The Morgan fingerprint density at radius 3 is 3.12 bits per heavy atom. The van der Waals surface area contributed by atoms with E-state index in [1.54, 1.807) is 28.7 Å². The zero-order valence-electron chi connectivity index (χ0n) is 14.2. The summed E-state index contributed by atoms with van der Waals surface area (Å²) < 4.78 is 6.02. The van der Waals surface area contributed by atoms with Gasteiger partial charge in [-0.2, -0.15) is 0 Å². The van der Waals surface area contributed by atoms with Gasteiger partial charge < -0.3 is 9.64 Å². The Morgan fingerprint density at radius 1 is 1.29 bits per heavy atom. The molecule has 4 heteroatoms. The number of fused-ring (bicyclic) bond motifs is 1. The van der Waals surface area contributed by atoms with Gasteiger partial charge in [0.25, 0.3) is 5.19 Å². The van der Waals surface area contributed by atoms with E-state index in [1.807, 2.05) is 5.38 Å². The Kier molecular flexibility index (Phi) is 3.46. The molecule has 0 amide bonds. The molecule has 3 nitrogen and oxygen atoms in total. The number of thiazole rings is 1. The molecule has 5 rings (SSSR count). The van der Waals surface area contributed by atoms with Crippen LogP contribution in [0, 0.1) is 5.92 Å². The predicted octanol–water partition coefficient (Wildman–Crippen LogP) is 4.62. The van der Waals surface area contributed by atoms with Crippen molar-refractivity contribution in [3.05, 3.63) is 40.9 Å². The van der Waals surface area contributed by atoms with Crippen molar-refractivity contribution in [2.45, 2.75) is 50.0 Å². The summed E-state index contributed by atoms with van der Waals surface area (Å²) in [6, 6.07) is 7.53. The number of hydrogen-bond acceptors (Lipinski definition) is 4. The largest absolute Gasteiger partial charge is 0.431 e. The third-order valence-corrected chi connectivity index (χ3v) is 7.35. The predicted molar refractivity (Wildman–Crippen MR) is 97.0 cm³/mol. The third-order valence-electron chi connectivity index (χ3n) is 6.70. The smallest absolute Gasteiger partial charge is 0.278 e. The Morgan fingerprint density at radius 2 is 2.25 bits per heavy atom. The Bertz CT molecular complexity index is 744. The van der Waals surface area contributed by atoms with E-state index in [2.05, 4.69) is 35.1 Å². The minimum absolute atomic E-state index is 0.394. The monoisotopic (exact) mass is 340 g/mol. The minimum atomic E-state index is 0.394. The van der Waals surface area contributed by atoms with Gasteiger partial charge >= 0.3 is 0 Å². The molecular weight excluding hydrogens is 316 g/mol. The van der Waals surface area contributed by atoms with Gasteiger partial charge in [-0.3, -0.25) is 0 Å². The van der Waals surface area contributed by atoms with Crippen LogP contribution >= 0.6 is 11.3 Å². The summed E-state index contributed by atoms with van der Waals surface area (Å²) in [5.41, 5.74) is 3.53. The molecule has 2 aliphatic carbocycles. The molecule has 126 valence electrons. The highest BCUT2D eigenvalue weighted by Gasteiger charge is 2.53. The molecule has 1 aromatic carbocycles. The van der Waals surface area contributed by atoms with Gasteiger partial charge in [0.1, 0.15) is 5.75 Å². The number of likely N-dealkylation sites (tertiary alicyclic amines) is 1. The van der Waals surface area contributed by atoms with Crippen LogP contribution in [0.5, 0.6) is 10.9 Å². The second-order valence-corrected chi connectivity index (χ2v) is 8.59. The van der Waals surface area contributed by atoms with Gasteiger partial charge in [0.15, 0.2) is 0 Å². The first-order valence-corrected chi connectivity index (χ1v) is 10.1. The van der Waals surface area contributed by atoms with Crippen molar-refractivity contribution in [2.75, 3.05) is 13.6 Å². The van der Waals surface area contributed by atoms with E-state index in [1.165, 1.54) is 45.1 Å². The second-order valence-electron chi connectivity index (χ2n) is 7.73. The van der Waals surface area contributed by atoms with Crippen LogP contribution in [0.15, 0.2) is 29.8 Å². The van der Waals surface area contributed by atoms with Gasteiger partial charge in [-0.15, -0.1) is 0 Å². The highest BCUT2D eigenvalue weighted by molar-refractivity contribution is 7.11. The quantitative estimate of drug-likeness (QED) is 0.797. The maximum absolute atomic E-state index is 6.02. The number of aromatic nitrogens is 1. The van der Waals surface area contributed by atoms with Crippen LogP contribution in [0.3, 0.4) is 0 Å². The van der Waals surface area contributed by atoms with Crippen LogP contribution in [-0.4, -0.2) is 29.5 Å². The summed E-state index contributed by atoms with van der Waals surface area (Å²) in [7, 11) is 2.33. The third kappa shape index (κ3) is 2.16. The molecule has 0 spiro atoms. The molecule has 2 fully saturated rings. The van der Waals surface area contributed by atoms with Crippen molar-refractivity contribution in [3.63, 3.8) is 0 Å². The van der Waals surface area contributed by atoms with E-state index in [-0.39, 0.29) is 0 Å². The fraction of sp³-hybridized carbons (Fsp3) is 0.550. The van der Waals surface area contributed by atoms with Gasteiger partial charge in [0, 0.05) is 23.0 Å². The van der Waals surface area contributed by atoms with Gasteiger partial charge in [0.05, 0.1) is 0 Å². The summed E-state index contributed by atoms with van der Waals surface area (Å²) in [5.74, 6) is 1.78. The zero-order valence-corrected chi connectivity index (χ0v) is 15.0. The standard InChI is InChI=1S/C20H24N2OS/c1-22-10-8-20-7-3-2-4-16(20)18(22)12-14-5-6-15(13-17(14)20)23-19-21-9-11-24-19/h5-6,9,11,13,16,18H,2-4,7-8,10,12H2,1H3/t16-,18-,20+/m0/s1. The number of hydrogen-bond donors (Lipinski definition) is 0. The molecule has 1 aliphatic heterocycles. The maximum Gasteiger partial charge on any atom is 0.278 e. The van der Waals surface area contributed by atoms with Crippen LogP contribution in [-0.2, 0) is 11.8 Å². The first-order valence-electron chi connectivity index (χ1n) is 9.17. The Hall–Kier alpha value is -1.39. The van der Waals surface area contributed by atoms with Gasteiger partial charge in [-0.1, -0.05) is 30.2 Å². The zero-order chi connectivity index (χ0) is 16.1. The summed E-state index contributed by atoms with van der Waals surface area (Å²) >= 11 is 1.55. The molecule has 24 heavy (non-hydrogen) atoms. The van der Waals surface area contributed by atoms with Crippen LogP contribution in [0.4, 0.5) is 0 Å². The molecule has 0 radical (unpaired) electrons. The highest BCUT2D eigenvalue weighted by atomic mass is 32.1. The van der Waals surface area contributed by atoms with Crippen molar-refractivity contribution in [3.8, 4) is 10.9 Å². The van der Waals surface area contributed by atoms with E-state index in [9.17, 15) is 0 Å². The van der Waals surface area contributed by atoms with E-state index in [0.717, 1.165) is 22.9 Å². The summed E-state index contributed by atoms with van der Waals surface area (Å²) in [4.78, 5) is 6.89. The van der Waals surface area contributed by atoms with Crippen LogP contribution in [0.25, 0.3) is 0 Å². The lowest BCUT2D eigenvalue weighted by Crippen LogP contribution is -2.59. The van der Waals surface area contributed by atoms with Crippen LogP contribution < -0.4 is 4.74 Å². The lowest BCUT2D eigenvalue weighted by Gasteiger charge is -2.58. The van der Waals surface area contributed by atoms with Crippen molar-refractivity contribution in [1.29, 1.82) is 0 Å². The summed E-state index contributed by atoms with van der Waals surface area (Å²) in [6.07, 6.45) is 9.84. The lowest BCUT2D eigenvalue weighted by molar-refractivity contribution is 0.00276. The number of likely N-dealkylation sites (N-methyl/N-ethyl adjacent to an activating group) is 1. The summed E-state index contributed by atoms with van der Waals surface area (Å²) in [6.45, 7) is 1.23. The SMILES string of the molecule is CN1CC[C@]23CCCC[C@H]2[C@@H]1Cc1ccc(Oc2nccs2)cc13. The first-order chi connectivity index (χ1) is 11.8. The molecule has 1 saturated carbocycles. The molecule has 2 aromatic rings. The van der Waals surface area contributed by atoms with Gasteiger partial charge in [-0.05, 0) is 68.5 Å². The number of benzene rings is 1. The fourth-order valence-electron chi connectivity index (χ4n) is 5.60. The van der Waals surface area contributed by atoms with Crippen molar-refractivity contribution < 1.29 is 4.74 Å².